The highest BCUT2D eigenvalue weighted by molar-refractivity contribution is 7.91. The van der Waals surface area contributed by atoms with E-state index in [4.69, 9.17) is 24.2 Å². The summed E-state index contributed by atoms with van der Waals surface area (Å²) in [5, 5.41) is 3.46. The van der Waals surface area contributed by atoms with Crippen molar-refractivity contribution in [3.63, 3.8) is 0 Å². The number of hydrogen-bond donors (Lipinski definition) is 1. The topological polar surface area (TPSA) is 198 Å². The summed E-state index contributed by atoms with van der Waals surface area (Å²) in [6, 6.07) is 6.40. The molecular weight excluding hydrogens is 777 g/mol. The van der Waals surface area contributed by atoms with E-state index in [0.717, 1.165) is 42.5 Å². The molecule has 2 aliphatic rings. The van der Waals surface area contributed by atoms with E-state index in [-0.39, 0.29) is 41.0 Å². The summed E-state index contributed by atoms with van der Waals surface area (Å²) in [4.78, 5) is 46.8. The first kappa shape index (κ1) is 43.6. The van der Waals surface area contributed by atoms with Gasteiger partial charge in [-0.15, -0.1) is 0 Å². The molecule has 0 saturated carbocycles. The standard InChI is InChI=1S/C22H31N3O6S.C17H23N3O4S/c1-13(2)19-20-23-16-10-15(12-30-14(3)26)18(32(7,28)29)11-17(16)24(20)8-9-25(19)21(27)31-22(4,5)6;1-10(2)16-17-19-13-7-12(9-24-11(3)21)15(25(4,22)23)8-14(13)20(17)6-5-18-16/h10-11,13,19H,8-9,12H2,1-7H3;7-8,10,16,18H,5-6,9H2,1-4H3/t19-;16-/m11/s1. The van der Waals surface area contributed by atoms with Crippen LogP contribution in [0.5, 0.6) is 0 Å². The van der Waals surface area contributed by atoms with Gasteiger partial charge in [0.2, 0.25) is 0 Å². The summed E-state index contributed by atoms with van der Waals surface area (Å²) in [5.41, 5.74) is 2.98. The normalized spacial score (nSPS) is 17.2. The predicted octanol–water partition coefficient (Wildman–Crippen LogP) is 5.25. The van der Waals surface area contributed by atoms with Gasteiger partial charge in [-0.05, 0) is 56.9 Å². The van der Waals surface area contributed by atoms with Gasteiger partial charge >= 0.3 is 18.0 Å². The lowest BCUT2D eigenvalue weighted by molar-refractivity contribution is -0.143. The van der Waals surface area contributed by atoms with Gasteiger partial charge in [0, 0.05) is 63.7 Å². The summed E-state index contributed by atoms with van der Waals surface area (Å²) in [6.07, 6.45) is 1.89. The Kier molecular flexibility index (Phi) is 12.5. The van der Waals surface area contributed by atoms with E-state index in [0.29, 0.717) is 47.0 Å². The maximum atomic E-state index is 12.9. The molecule has 57 heavy (non-hydrogen) atoms. The molecule has 4 heterocycles. The van der Waals surface area contributed by atoms with Crippen LogP contribution in [0.3, 0.4) is 0 Å². The quantitative estimate of drug-likeness (QED) is 0.179. The molecular formula is C39H54N6O10S2. The Labute approximate surface area is 334 Å². The van der Waals surface area contributed by atoms with Gasteiger partial charge in [-0.1, -0.05) is 27.7 Å². The Morgan fingerprint density at radius 2 is 1.23 bits per heavy atom. The van der Waals surface area contributed by atoms with Gasteiger partial charge < -0.3 is 28.7 Å². The fourth-order valence-electron chi connectivity index (χ4n) is 7.26. The van der Waals surface area contributed by atoms with Crippen molar-refractivity contribution in [2.75, 3.05) is 25.6 Å². The molecule has 0 radical (unpaired) electrons. The second-order valence-electron chi connectivity index (χ2n) is 16.3. The van der Waals surface area contributed by atoms with E-state index >= 15 is 0 Å². The second-order valence-corrected chi connectivity index (χ2v) is 20.3. The van der Waals surface area contributed by atoms with Crippen molar-refractivity contribution in [1.29, 1.82) is 0 Å². The summed E-state index contributed by atoms with van der Waals surface area (Å²) >= 11 is 0. The summed E-state index contributed by atoms with van der Waals surface area (Å²) in [5.74, 6) is 1.06. The van der Waals surface area contributed by atoms with Crippen molar-refractivity contribution in [1.82, 2.24) is 29.3 Å². The number of carbonyl (C=O) groups is 3. The van der Waals surface area contributed by atoms with Gasteiger partial charge in [0.05, 0.1) is 43.9 Å². The summed E-state index contributed by atoms with van der Waals surface area (Å²) in [7, 11) is -7.02. The molecule has 1 N–H and O–H groups in total. The van der Waals surface area contributed by atoms with E-state index in [2.05, 4.69) is 23.7 Å². The Morgan fingerprint density at radius 1 is 0.754 bits per heavy atom. The molecule has 0 aliphatic carbocycles. The third-order valence-electron chi connectivity index (χ3n) is 9.65. The molecule has 16 nitrogen and oxygen atoms in total. The Morgan fingerprint density at radius 3 is 1.65 bits per heavy atom. The maximum Gasteiger partial charge on any atom is 0.410 e. The van der Waals surface area contributed by atoms with Gasteiger partial charge in [0.15, 0.2) is 19.7 Å². The highest BCUT2D eigenvalue weighted by Crippen LogP contribution is 2.37. The zero-order valence-electron chi connectivity index (χ0n) is 34.5. The van der Waals surface area contributed by atoms with E-state index in [1.807, 2.05) is 39.2 Å². The lowest BCUT2D eigenvalue weighted by Crippen LogP contribution is -2.46. The zero-order chi connectivity index (χ0) is 42.4. The van der Waals surface area contributed by atoms with Crippen molar-refractivity contribution >= 4 is 59.8 Å². The minimum absolute atomic E-state index is 0.0493. The number of nitrogens with one attached hydrogen (secondary N) is 1. The van der Waals surface area contributed by atoms with E-state index < -0.39 is 43.3 Å². The molecule has 0 saturated heterocycles. The zero-order valence-corrected chi connectivity index (χ0v) is 36.1. The predicted molar refractivity (Wildman–Crippen MR) is 213 cm³/mol. The second kappa shape index (κ2) is 16.4. The van der Waals surface area contributed by atoms with Crippen LogP contribution >= 0.6 is 0 Å². The number of amides is 1. The number of esters is 2. The first-order valence-electron chi connectivity index (χ1n) is 18.8. The lowest BCUT2D eigenvalue weighted by atomic mass is 10.0. The fraction of sp³-hybridized carbons (Fsp3) is 0.564. The molecule has 6 rings (SSSR count). The molecule has 0 fully saturated rings. The number of fused-ring (bicyclic) bond motifs is 6. The number of rotatable bonds is 8. The largest absolute Gasteiger partial charge is 0.461 e. The number of nitrogens with zero attached hydrogens (tertiary/aromatic N) is 5. The molecule has 2 atom stereocenters. The smallest absolute Gasteiger partial charge is 0.410 e. The van der Waals surface area contributed by atoms with Crippen LogP contribution in [0.1, 0.15) is 97.2 Å². The molecule has 4 aromatic rings. The minimum atomic E-state index is -3.57. The number of aromatic nitrogens is 4. The molecule has 2 aromatic carbocycles. The third kappa shape index (κ3) is 9.77. The SMILES string of the molecule is CC(=O)OCc1cc2nc3n(c2cc1S(C)(=O)=O)CCN(C(=O)OC(C)(C)C)[C@@H]3C(C)C.CC(=O)OCc1cc2nc3n(c2cc1S(C)(=O)=O)CCN[C@@H]3C(C)C. The van der Waals surface area contributed by atoms with Crippen molar-refractivity contribution < 1.29 is 45.4 Å². The van der Waals surface area contributed by atoms with Crippen molar-refractivity contribution in [2.24, 2.45) is 11.8 Å². The van der Waals surface area contributed by atoms with E-state index in [1.165, 1.54) is 13.8 Å². The van der Waals surface area contributed by atoms with Gasteiger partial charge in [0.1, 0.15) is 30.5 Å². The number of ether oxygens (including phenoxy) is 3. The van der Waals surface area contributed by atoms with Gasteiger partial charge in [-0.2, -0.15) is 0 Å². The number of carbonyl (C=O) groups excluding carboxylic acids is 3. The monoisotopic (exact) mass is 830 g/mol. The summed E-state index contributed by atoms with van der Waals surface area (Å²) < 4.78 is 69.1. The first-order valence-corrected chi connectivity index (χ1v) is 22.6. The van der Waals surface area contributed by atoms with Crippen LogP contribution in [0, 0.1) is 11.8 Å². The van der Waals surface area contributed by atoms with Crippen LogP contribution < -0.4 is 5.32 Å². The van der Waals surface area contributed by atoms with Crippen LogP contribution in [0.2, 0.25) is 0 Å². The van der Waals surface area contributed by atoms with Crippen molar-refractivity contribution in [3.05, 3.63) is 47.0 Å². The molecule has 312 valence electrons. The van der Waals surface area contributed by atoms with Crippen LogP contribution in [0.15, 0.2) is 34.1 Å². The highest BCUT2D eigenvalue weighted by Gasteiger charge is 2.38. The van der Waals surface area contributed by atoms with Crippen LogP contribution in [0.25, 0.3) is 22.1 Å². The molecule has 1 amide bonds. The summed E-state index contributed by atoms with van der Waals surface area (Å²) in [6.45, 7) is 18.5. The van der Waals surface area contributed by atoms with Crippen LogP contribution in [-0.2, 0) is 69.8 Å². The number of benzene rings is 2. The number of imidazole rings is 2. The Hall–Kier alpha value is -4.55. The molecule has 18 heteroatoms. The minimum Gasteiger partial charge on any atom is -0.461 e. The van der Waals surface area contributed by atoms with Crippen LogP contribution in [0.4, 0.5) is 4.79 Å². The molecule has 0 unspecified atom stereocenters. The average molecular weight is 831 g/mol. The van der Waals surface area contributed by atoms with Crippen molar-refractivity contribution in [3.8, 4) is 0 Å². The average Bonchev–Trinajstić information content (AvgIpc) is 3.64. The maximum absolute atomic E-state index is 12.9. The van der Waals surface area contributed by atoms with E-state index in [9.17, 15) is 31.2 Å². The Balaban J connectivity index is 0.000000224. The highest BCUT2D eigenvalue weighted by atomic mass is 32.2. The van der Waals surface area contributed by atoms with E-state index in [1.54, 1.807) is 29.2 Å². The van der Waals surface area contributed by atoms with Crippen molar-refractivity contribution in [2.45, 2.75) is 116 Å². The van der Waals surface area contributed by atoms with Gasteiger partial charge in [0.25, 0.3) is 0 Å². The van der Waals surface area contributed by atoms with Gasteiger partial charge in [-0.3, -0.25) is 14.5 Å². The third-order valence-corrected chi connectivity index (χ3v) is 12.0. The lowest BCUT2D eigenvalue weighted by Gasteiger charge is -2.38. The molecule has 0 bridgehead atoms. The molecule has 2 aromatic heterocycles. The number of sulfone groups is 2. The first-order chi connectivity index (χ1) is 26.4. The van der Waals surface area contributed by atoms with Crippen LogP contribution in [-0.4, -0.2) is 90.1 Å². The fourth-order valence-corrected chi connectivity index (χ4v) is 9.10. The number of hydrogen-bond acceptors (Lipinski definition) is 13. The Bertz CT molecular complexity index is 2430. The molecule has 0 spiro atoms. The van der Waals surface area contributed by atoms with Gasteiger partial charge in [-0.25, -0.2) is 31.6 Å². The molecule has 2 aliphatic heterocycles.